The lowest BCUT2D eigenvalue weighted by Crippen LogP contribution is -2.24. The average Bonchev–Trinajstić information content (AvgIpc) is 2.58. The number of allylic oxidation sites excluding steroid dienone is 6. The molecular formula is C21H28O4. The van der Waals surface area contributed by atoms with E-state index in [1.807, 2.05) is 44.2 Å². The first kappa shape index (κ1) is 20.7. The third-order valence-electron chi connectivity index (χ3n) is 4.19. The van der Waals surface area contributed by atoms with Gasteiger partial charge in [0, 0.05) is 17.9 Å². The zero-order chi connectivity index (χ0) is 19.0. The van der Waals surface area contributed by atoms with Crippen LogP contribution >= 0.6 is 0 Å². The van der Waals surface area contributed by atoms with Crippen molar-refractivity contribution in [2.24, 2.45) is 5.92 Å². The summed E-state index contributed by atoms with van der Waals surface area (Å²) in [5.74, 6) is -0.391. The number of hydrogen-bond acceptors (Lipinski definition) is 4. The van der Waals surface area contributed by atoms with Crippen molar-refractivity contribution < 1.29 is 14.6 Å². The van der Waals surface area contributed by atoms with Crippen molar-refractivity contribution in [3.05, 3.63) is 76.4 Å². The maximum absolute atomic E-state index is 11.7. The second-order valence-electron chi connectivity index (χ2n) is 6.35. The third-order valence-corrected chi connectivity index (χ3v) is 4.19. The van der Waals surface area contributed by atoms with E-state index in [0.29, 0.717) is 0 Å². The molecule has 0 aliphatic rings. The normalized spacial score (nSPS) is 16.3. The van der Waals surface area contributed by atoms with Gasteiger partial charge >= 0.3 is 5.63 Å². The van der Waals surface area contributed by atoms with Gasteiger partial charge in [-0.2, -0.15) is 0 Å². The minimum atomic E-state index is -0.740. The van der Waals surface area contributed by atoms with Gasteiger partial charge in [0.25, 0.3) is 0 Å². The van der Waals surface area contributed by atoms with E-state index in [4.69, 9.17) is 4.42 Å². The molecule has 1 heterocycles. The van der Waals surface area contributed by atoms with Crippen LogP contribution < -0.4 is 5.63 Å². The smallest absolute Gasteiger partial charge is 0.342 e. The summed E-state index contributed by atoms with van der Waals surface area (Å²) in [5, 5.41) is 20.3. The maximum Gasteiger partial charge on any atom is 0.342 e. The van der Waals surface area contributed by atoms with Crippen LogP contribution in [0, 0.1) is 12.8 Å². The lowest BCUT2D eigenvalue weighted by Gasteiger charge is -2.22. The summed E-state index contributed by atoms with van der Waals surface area (Å²) in [4.78, 5) is 11.7. The molecule has 0 aliphatic heterocycles. The van der Waals surface area contributed by atoms with Crippen molar-refractivity contribution in [2.75, 3.05) is 0 Å². The Bertz CT molecular complexity index is 722. The van der Waals surface area contributed by atoms with Crippen molar-refractivity contribution in [1.29, 1.82) is 0 Å². The van der Waals surface area contributed by atoms with Crippen LogP contribution in [0.5, 0.6) is 5.75 Å². The number of hydrogen-bond donors (Lipinski definition) is 2. The molecule has 0 amide bonds. The predicted octanol–water partition coefficient (Wildman–Crippen LogP) is 4.39. The highest BCUT2D eigenvalue weighted by molar-refractivity contribution is 5.30. The Hall–Kier alpha value is -2.33. The largest absolute Gasteiger partial charge is 0.507 e. The minimum absolute atomic E-state index is 0.111. The molecule has 0 unspecified atom stereocenters. The van der Waals surface area contributed by atoms with Gasteiger partial charge in [-0.3, -0.25) is 0 Å². The van der Waals surface area contributed by atoms with Crippen LogP contribution in [-0.2, 0) is 0 Å². The molecule has 0 saturated heterocycles. The molecule has 1 rings (SSSR count). The van der Waals surface area contributed by atoms with Gasteiger partial charge in [-0.05, 0) is 20.3 Å². The molecule has 4 nitrogen and oxygen atoms in total. The molecular weight excluding hydrogens is 316 g/mol. The average molecular weight is 344 g/mol. The van der Waals surface area contributed by atoms with Crippen LogP contribution in [0.25, 0.3) is 0 Å². The van der Waals surface area contributed by atoms with Crippen molar-refractivity contribution >= 4 is 0 Å². The molecule has 0 spiro atoms. The third kappa shape index (κ3) is 6.24. The second kappa shape index (κ2) is 9.84. The van der Waals surface area contributed by atoms with Crippen LogP contribution in [0.2, 0.25) is 0 Å². The fourth-order valence-corrected chi connectivity index (χ4v) is 2.34. The topological polar surface area (TPSA) is 70.7 Å². The number of aromatic hydroxyl groups is 1. The number of rotatable bonds is 8. The number of aliphatic hydroxyl groups is 1. The molecule has 4 heteroatoms. The molecule has 2 N–H and O–H groups in total. The molecule has 0 saturated carbocycles. The zero-order valence-corrected chi connectivity index (χ0v) is 15.4. The lowest BCUT2D eigenvalue weighted by atomic mass is 9.91. The Morgan fingerprint density at radius 3 is 2.64 bits per heavy atom. The van der Waals surface area contributed by atoms with E-state index in [-0.39, 0.29) is 23.0 Å². The standard InChI is InChI=1S/C21H28O4/c1-6-7-8-10-14(2)11-9-12-15(3)20(23)17(5)19-13-18(22)16(4)21(24)25-19/h6-9,11-13,15,17,20,22-23H,1,10H2,2-5H3/b8-7+,12-9+,14-11-/t15-,17+,20+/m0/s1. The van der Waals surface area contributed by atoms with Gasteiger partial charge in [0.2, 0.25) is 0 Å². The summed E-state index contributed by atoms with van der Waals surface area (Å²) in [5.41, 5.74) is 0.784. The molecule has 0 radical (unpaired) electrons. The van der Waals surface area contributed by atoms with E-state index in [2.05, 4.69) is 6.58 Å². The predicted molar refractivity (Wildman–Crippen MR) is 102 cm³/mol. The lowest BCUT2D eigenvalue weighted by molar-refractivity contribution is 0.104. The summed E-state index contributed by atoms with van der Waals surface area (Å²) in [6.07, 6.45) is 11.6. The maximum atomic E-state index is 11.7. The quantitative estimate of drug-likeness (QED) is 0.686. The van der Waals surface area contributed by atoms with Gasteiger partial charge in [-0.15, -0.1) is 0 Å². The van der Waals surface area contributed by atoms with E-state index in [1.54, 1.807) is 13.0 Å². The van der Waals surface area contributed by atoms with Crippen molar-refractivity contribution in [3.8, 4) is 5.75 Å². The fourth-order valence-electron chi connectivity index (χ4n) is 2.34. The van der Waals surface area contributed by atoms with Crippen LogP contribution in [-0.4, -0.2) is 16.3 Å². The van der Waals surface area contributed by atoms with Crippen molar-refractivity contribution in [2.45, 2.75) is 46.1 Å². The first-order chi connectivity index (χ1) is 11.8. The van der Waals surface area contributed by atoms with Gasteiger partial charge in [0.15, 0.2) is 0 Å². The Labute approximate surface area is 149 Å². The monoisotopic (exact) mass is 344 g/mol. The Kier molecular flexibility index (Phi) is 8.16. The van der Waals surface area contributed by atoms with Gasteiger partial charge in [0.05, 0.1) is 11.7 Å². The molecule has 25 heavy (non-hydrogen) atoms. The summed E-state index contributed by atoms with van der Waals surface area (Å²) < 4.78 is 5.19. The highest BCUT2D eigenvalue weighted by atomic mass is 16.4. The highest BCUT2D eigenvalue weighted by Gasteiger charge is 2.24. The first-order valence-electron chi connectivity index (χ1n) is 8.41. The van der Waals surface area contributed by atoms with Gasteiger partial charge in [0.1, 0.15) is 11.5 Å². The zero-order valence-electron chi connectivity index (χ0n) is 15.4. The summed E-state index contributed by atoms with van der Waals surface area (Å²) in [6.45, 7) is 10.8. The van der Waals surface area contributed by atoms with Crippen LogP contribution in [0.1, 0.15) is 44.4 Å². The highest BCUT2D eigenvalue weighted by Crippen LogP contribution is 2.27. The van der Waals surface area contributed by atoms with Crippen molar-refractivity contribution in [1.82, 2.24) is 0 Å². The number of aliphatic hydroxyl groups excluding tert-OH is 1. The minimum Gasteiger partial charge on any atom is -0.507 e. The van der Waals surface area contributed by atoms with Crippen LogP contribution in [0.15, 0.2) is 63.9 Å². The molecule has 3 atom stereocenters. The SMILES string of the molecule is C=C/C=C/C/C(C)=C\C=C\[C@H](C)[C@@H](O)[C@H](C)c1cc(O)c(C)c(=O)o1. The van der Waals surface area contributed by atoms with E-state index >= 15 is 0 Å². The summed E-state index contributed by atoms with van der Waals surface area (Å²) in [6, 6.07) is 1.40. The van der Waals surface area contributed by atoms with Gasteiger partial charge in [-0.1, -0.05) is 62.5 Å². The van der Waals surface area contributed by atoms with Gasteiger partial charge in [-0.25, -0.2) is 4.79 Å². The van der Waals surface area contributed by atoms with Gasteiger partial charge < -0.3 is 14.6 Å². The first-order valence-corrected chi connectivity index (χ1v) is 8.41. The molecule has 0 fully saturated rings. The summed E-state index contributed by atoms with van der Waals surface area (Å²) >= 11 is 0. The van der Waals surface area contributed by atoms with Crippen LogP contribution in [0.4, 0.5) is 0 Å². The molecule has 1 aromatic heterocycles. The van der Waals surface area contributed by atoms with E-state index in [9.17, 15) is 15.0 Å². The molecule has 0 aliphatic carbocycles. The van der Waals surface area contributed by atoms with Crippen molar-refractivity contribution in [3.63, 3.8) is 0 Å². The summed E-state index contributed by atoms with van der Waals surface area (Å²) in [7, 11) is 0. The van der Waals surface area contributed by atoms with Crippen LogP contribution in [0.3, 0.4) is 0 Å². The molecule has 136 valence electrons. The Morgan fingerprint density at radius 1 is 1.36 bits per heavy atom. The van der Waals surface area contributed by atoms with E-state index < -0.39 is 17.6 Å². The Balaban J connectivity index is 2.78. The molecule has 1 aromatic rings. The van der Waals surface area contributed by atoms with E-state index in [1.165, 1.54) is 18.6 Å². The van der Waals surface area contributed by atoms with E-state index in [0.717, 1.165) is 6.42 Å². The second-order valence-corrected chi connectivity index (χ2v) is 6.35. The fraction of sp³-hybridized carbons (Fsp3) is 0.381. The molecule has 0 bridgehead atoms. The Morgan fingerprint density at radius 2 is 2.04 bits per heavy atom. The molecule has 0 aromatic carbocycles.